The zero-order valence-corrected chi connectivity index (χ0v) is 19.0. The summed E-state index contributed by atoms with van der Waals surface area (Å²) in [6, 6.07) is 0. The first-order chi connectivity index (χ1) is 13.5. The van der Waals surface area contributed by atoms with E-state index in [9.17, 15) is 4.79 Å². The average Bonchev–Trinajstić information content (AvgIpc) is 2.85. The highest BCUT2D eigenvalue weighted by molar-refractivity contribution is 5.80. The van der Waals surface area contributed by atoms with Crippen LogP contribution in [0.1, 0.15) is 80.1 Å². The average molecular weight is 403 g/mol. The third-order valence-corrected chi connectivity index (χ3v) is 9.91. The molecule has 162 valence electrons. The van der Waals surface area contributed by atoms with Crippen LogP contribution >= 0.6 is 0 Å². The Morgan fingerprint density at radius 3 is 2.52 bits per heavy atom. The van der Waals surface area contributed by atoms with Gasteiger partial charge in [-0.05, 0) is 88.5 Å². The predicted octanol–water partition coefficient (Wildman–Crippen LogP) is 5.26. The molecule has 0 amide bonds. The molecule has 0 radical (unpaired) electrons. The fourth-order valence-corrected chi connectivity index (χ4v) is 8.63. The lowest BCUT2D eigenvalue weighted by Crippen LogP contribution is -2.72. The van der Waals surface area contributed by atoms with E-state index in [-0.39, 0.29) is 34.9 Å². The molecule has 4 nitrogen and oxygen atoms in total. The van der Waals surface area contributed by atoms with Gasteiger partial charge in [-0.3, -0.25) is 4.79 Å². The fraction of sp³-hybridized carbons (Fsp3) is 0.880. The van der Waals surface area contributed by atoms with Gasteiger partial charge in [0, 0.05) is 5.92 Å². The minimum absolute atomic E-state index is 0.0790. The van der Waals surface area contributed by atoms with Gasteiger partial charge in [0.2, 0.25) is 0 Å². The van der Waals surface area contributed by atoms with Crippen molar-refractivity contribution >= 4 is 5.97 Å². The maximum absolute atomic E-state index is 13.8. The third kappa shape index (κ3) is 2.31. The Kier molecular flexibility index (Phi) is 4.07. The van der Waals surface area contributed by atoms with Crippen LogP contribution in [0.25, 0.3) is 0 Å². The SMILES string of the molecule is C=C1C(C)CC2C3C(CC4C(C)C5(CC)CCCC42C(=O)O5)OC(C)(C)OC13C. The summed E-state index contributed by atoms with van der Waals surface area (Å²) in [6.45, 7) is 17.6. The topological polar surface area (TPSA) is 44.8 Å². The molecule has 9 atom stereocenters. The van der Waals surface area contributed by atoms with Crippen LogP contribution in [-0.2, 0) is 19.0 Å². The normalized spacial score (nSPS) is 55.5. The van der Waals surface area contributed by atoms with Gasteiger partial charge in [0.25, 0.3) is 0 Å². The van der Waals surface area contributed by atoms with Gasteiger partial charge in [0.15, 0.2) is 5.79 Å². The molecule has 3 saturated carbocycles. The highest BCUT2D eigenvalue weighted by Gasteiger charge is 2.73. The Hall–Kier alpha value is -0.870. The van der Waals surface area contributed by atoms with Gasteiger partial charge >= 0.3 is 5.97 Å². The lowest BCUT2D eigenvalue weighted by atomic mass is 9.43. The van der Waals surface area contributed by atoms with E-state index in [1.54, 1.807) is 0 Å². The number of ether oxygens (including phenoxy) is 3. The molecule has 2 bridgehead atoms. The van der Waals surface area contributed by atoms with Crippen LogP contribution < -0.4 is 0 Å². The largest absolute Gasteiger partial charge is 0.458 e. The van der Waals surface area contributed by atoms with Crippen molar-refractivity contribution < 1.29 is 19.0 Å². The van der Waals surface area contributed by atoms with E-state index >= 15 is 0 Å². The van der Waals surface area contributed by atoms with Crippen molar-refractivity contribution in [2.75, 3.05) is 0 Å². The van der Waals surface area contributed by atoms with Crippen LogP contribution in [0.2, 0.25) is 0 Å². The smallest absolute Gasteiger partial charge is 0.313 e. The van der Waals surface area contributed by atoms with Crippen LogP contribution in [0.3, 0.4) is 0 Å². The zero-order chi connectivity index (χ0) is 21.0. The molecule has 3 aliphatic heterocycles. The van der Waals surface area contributed by atoms with Crippen molar-refractivity contribution in [2.24, 2.45) is 35.0 Å². The minimum Gasteiger partial charge on any atom is -0.458 e. The fourth-order valence-electron chi connectivity index (χ4n) is 8.63. The van der Waals surface area contributed by atoms with Crippen LogP contribution in [0.15, 0.2) is 12.2 Å². The maximum atomic E-state index is 13.8. The number of carbonyl (C=O) groups excluding carboxylic acids is 1. The van der Waals surface area contributed by atoms with Gasteiger partial charge in [-0.2, -0.15) is 0 Å². The van der Waals surface area contributed by atoms with E-state index in [0.29, 0.717) is 17.8 Å². The lowest BCUT2D eigenvalue weighted by molar-refractivity contribution is -0.378. The molecule has 4 heteroatoms. The van der Waals surface area contributed by atoms with Gasteiger partial charge in [-0.15, -0.1) is 0 Å². The summed E-state index contributed by atoms with van der Waals surface area (Å²) >= 11 is 0. The van der Waals surface area contributed by atoms with E-state index in [2.05, 4.69) is 34.3 Å². The summed E-state index contributed by atoms with van der Waals surface area (Å²) in [5.41, 5.74) is 0.0374. The van der Waals surface area contributed by atoms with Gasteiger partial charge in [0.05, 0.1) is 17.1 Å². The molecule has 9 unspecified atom stereocenters. The Labute approximate surface area is 175 Å². The highest BCUT2D eigenvalue weighted by atomic mass is 16.7. The lowest BCUT2D eigenvalue weighted by Gasteiger charge is -2.67. The predicted molar refractivity (Wildman–Crippen MR) is 111 cm³/mol. The van der Waals surface area contributed by atoms with Crippen molar-refractivity contribution in [3.05, 3.63) is 12.2 Å². The minimum atomic E-state index is -0.638. The Morgan fingerprint density at radius 2 is 1.83 bits per heavy atom. The molecular formula is C25H38O4. The standard InChI is InChI=1S/C25H38O4/c1-8-24-10-9-11-25(21(26)28-24)17(16(24)4)13-19-20-18(25)12-14(2)15(3)23(20,7)29-22(5,6)27-19/h14,16-20H,3,8-13H2,1-2,4-7H3. The van der Waals surface area contributed by atoms with E-state index in [1.807, 2.05) is 13.8 Å². The van der Waals surface area contributed by atoms with Crippen molar-refractivity contribution in [1.29, 1.82) is 0 Å². The summed E-state index contributed by atoms with van der Waals surface area (Å²) in [7, 11) is 0. The molecule has 3 saturated heterocycles. The van der Waals surface area contributed by atoms with Crippen molar-refractivity contribution in [3.8, 4) is 0 Å². The number of hydrogen-bond acceptors (Lipinski definition) is 4. The molecule has 6 aliphatic rings. The number of rotatable bonds is 1. The second-order valence-electron chi connectivity index (χ2n) is 11.4. The van der Waals surface area contributed by atoms with Gasteiger partial charge < -0.3 is 14.2 Å². The molecule has 29 heavy (non-hydrogen) atoms. The monoisotopic (exact) mass is 402 g/mol. The number of carbonyl (C=O) groups is 1. The van der Waals surface area contributed by atoms with Crippen LogP contribution in [0.4, 0.5) is 0 Å². The molecule has 0 aromatic heterocycles. The molecule has 6 fully saturated rings. The Balaban J connectivity index is 1.68. The first-order valence-electron chi connectivity index (χ1n) is 11.8. The van der Waals surface area contributed by atoms with E-state index < -0.39 is 11.4 Å². The molecule has 0 aromatic rings. The number of esters is 1. The molecule has 3 aliphatic carbocycles. The van der Waals surface area contributed by atoms with Crippen LogP contribution in [-0.4, -0.2) is 29.1 Å². The Morgan fingerprint density at radius 1 is 1.10 bits per heavy atom. The summed E-state index contributed by atoms with van der Waals surface area (Å²) in [5, 5.41) is 0. The Bertz CT molecular complexity index is 758. The molecule has 6 rings (SSSR count). The first kappa shape index (κ1) is 20.1. The van der Waals surface area contributed by atoms with Crippen molar-refractivity contribution in [2.45, 2.75) is 103 Å². The van der Waals surface area contributed by atoms with Crippen molar-refractivity contribution in [1.82, 2.24) is 0 Å². The number of fused-ring (bicyclic) bond motifs is 3. The number of hydrogen-bond donors (Lipinski definition) is 0. The quantitative estimate of drug-likeness (QED) is 0.443. The second kappa shape index (κ2) is 5.88. The highest BCUT2D eigenvalue weighted by Crippen LogP contribution is 2.69. The van der Waals surface area contributed by atoms with Crippen LogP contribution in [0, 0.1) is 35.0 Å². The van der Waals surface area contributed by atoms with Gasteiger partial charge in [-0.25, -0.2) is 0 Å². The molecule has 3 heterocycles. The summed E-state index contributed by atoms with van der Waals surface area (Å²) in [5.74, 6) is 0.867. The van der Waals surface area contributed by atoms with E-state index in [0.717, 1.165) is 38.5 Å². The first-order valence-corrected chi connectivity index (χ1v) is 11.8. The zero-order valence-electron chi connectivity index (χ0n) is 19.0. The van der Waals surface area contributed by atoms with Gasteiger partial charge in [-0.1, -0.05) is 27.4 Å². The molecule has 1 spiro atoms. The van der Waals surface area contributed by atoms with Crippen LogP contribution in [0.5, 0.6) is 0 Å². The molecule has 0 N–H and O–H groups in total. The maximum Gasteiger partial charge on any atom is 0.313 e. The van der Waals surface area contributed by atoms with Crippen molar-refractivity contribution in [3.63, 3.8) is 0 Å². The summed E-state index contributed by atoms with van der Waals surface area (Å²) in [4.78, 5) is 13.8. The summed E-state index contributed by atoms with van der Waals surface area (Å²) in [6.07, 6.45) is 5.97. The van der Waals surface area contributed by atoms with E-state index in [4.69, 9.17) is 14.2 Å². The van der Waals surface area contributed by atoms with Gasteiger partial charge in [0.1, 0.15) is 5.60 Å². The summed E-state index contributed by atoms with van der Waals surface area (Å²) < 4.78 is 19.6. The third-order valence-electron chi connectivity index (χ3n) is 9.91. The molecular weight excluding hydrogens is 364 g/mol. The second-order valence-corrected chi connectivity index (χ2v) is 11.4. The molecule has 0 aromatic carbocycles. The van der Waals surface area contributed by atoms with E-state index in [1.165, 1.54) is 5.57 Å².